The Morgan fingerprint density at radius 3 is 2.32 bits per heavy atom. The molecule has 0 fully saturated rings. The first-order valence-corrected chi connectivity index (χ1v) is 9.40. The van der Waals surface area contributed by atoms with E-state index in [0.29, 0.717) is 17.7 Å². The molecule has 5 nitrogen and oxygen atoms in total. The molecule has 0 saturated heterocycles. The molecular formula is C18H21KO5S. The molecule has 0 spiro atoms. The van der Waals surface area contributed by atoms with Gasteiger partial charge < -0.3 is 9.84 Å². The van der Waals surface area contributed by atoms with E-state index in [1.54, 1.807) is 36.4 Å². The van der Waals surface area contributed by atoms with Crippen LogP contribution in [0, 0.1) is 0 Å². The van der Waals surface area contributed by atoms with Crippen LogP contribution in [0.3, 0.4) is 0 Å². The molecule has 0 unspecified atom stereocenters. The Kier molecular flexibility index (Phi) is 9.65. The van der Waals surface area contributed by atoms with Crippen LogP contribution in [0.2, 0.25) is 0 Å². The number of ether oxygens (including phenoxy) is 1. The minimum Gasteiger partial charge on any atom is -0.871 e. The molecule has 0 atom stereocenters. The van der Waals surface area contributed by atoms with Gasteiger partial charge in [-0.15, -0.1) is 0 Å². The van der Waals surface area contributed by atoms with Gasteiger partial charge in [-0.25, -0.2) is 0 Å². The van der Waals surface area contributed by atoms with Gasteiger partial charge in [0.05, 0.1) is 0 Å². The van der Waals surface area contributed by atoms with Crippen molar-refractivity contribution in [2.24, 2.45) is 0 Å². The van der Waals surface area contributed by atoms with Crippen molar-refractivity contribution >= 4 is 10.1 Å². The summed E-state index contributed by atoms with van der Waals surface area (Å²) in [5.41, 5.74) is 0.374. The van der Waals surface area contributed by atoms with Crippen LogP contribution in [0.5, 0.6) is 17.2 Å². The van der Waals surface area contributed by atoms with Gasteiger partial charge >= 0.3 is 51.4 Å². The molecule has 2 aromatic carbocycles. The fourth-order valence-electron chi connectivity index (χ4n) is 2.46. The summed E-state index contributed by atoms with van der Waals surface area (Å²) in [5.74, 6) is -0.467. The largest absolute Gasteiger partial charge is 1.00 e. The summed E-state index contributed by atoms with van der Waals surface area (Å²) in [6, 6.07) is 11.5. The molecule has 2 aromatic rings. The van der Waals surface area contributed by atoms with Gasteiger partial charge in [-0.3, -0.25) is 4.55 Å². The molecule has 0 aromatic heterocycles. The monoisotopic (exact) mass is 388 g/mol. The second-order valence-corrected chi connectivity index (χ2v) is 6.94. The molecule has 7 heteroatoms. The van der Waals surface area contributed by atoms with E-state index in [9.17, 15) is 18.1 Å². The van der Waals surface area contributed by atoms with Gasteiger partial charge in [-0.2, -0.15) is 8.42 Å². The zero-order valence-corrected chi connectivity index (χ0v) is 18.5. The van der Waals surface area contributed by atoms with E-state index in [4.69, 9.17) is 4.74 Å². The van der Waals surface area contributed by atoms with Crippen molar-refractivity contribution in [3.63, 3.8) is 0 Å². The minimum absolute atomic E-state index is 0. The summed E-state index contributed by atoms with van der Waals surface area (Å²) in [7, 11) is -4.68. The summed E-state index contributed by atoms with van der Waals surface area (Å²) in [6.45, 7) is 2.09. The van der Waals surface area contributed by atoms with Crippen LogP contribution >= 0.6 is 0 Å². The average molecular weight is 389 g/mol. The van der Waals surface area contributed by atoms with Gasteiger partial charge in [0.1, 0.15) is 16.4 Å². The molecule has 0 saturated carbocycles. The van der Waals surface area contributed by atoms with Crippen molar-refractivity contribution in [2.75, 3.05) is 0 Å². The summed E-state index contributed by atoms with van der Waals surface area (Å²) in [6.07, 6.45) is 4.39. The van der Waals surface area contributed by atoms with Crippen molar-refractivity contribution in [1.29, 1.82) is 0 Å². The number of hydrogen-bond donors (Lipinski definition) is 1. The number of benzene rings is 2. The van der Waals surface area contributed by atoms with E-state index >= 15 is 0 Å². The second kappa shape index (κ2) is 10.7. The third kappa shape index (κ3) is 6.67. The SMILES string of the molecule is CCCCCCc1ccc(Oc2ccccc2)c(S(=O)(=O)O)c1[O-].[K+]. The topological polar surface area (TPSA) is 86.7 Å². The van der Waals surface area contributed by atoms with Crippen LogP contribution in [-0.2, 0) is 16.5 Å². The van der Waals surface area contributed by atoms with E-state index in [0.717, 1.165) is 25.7 Å². The van der Waals surface area contributed by atoms with Gasteiger partial charge in [-0.1, -0.05) is 61.8 Å². The molecule has 1 N–H and O–H groups in total. The first-order chi connectivity index (χ1) is 11.4. The van der Waals surface area contributed by atoms with Crippen LogP contribution in [0.25, 0.3) is 0 Å². The number of hydrogen-bond acceptors (Lipinski definition) is 4. The maximum Gasteiger partial charge on any atom is 1.00 e. The summed E-state index contributed by atoms with van der Waals surface area (Å²) < 4.78 is 38.3. The first-order valence-electron chi connectivity index (χ1n) is 7.96. The number of unbranched alkanes of at least 4 members (excludes halogenated alkanes) is 3. The van der Waals surface area contributed by atoms with Crippen LogP contribution in [-0.4, -0.2) is 13.0 Å². The molecule has 0 heterocycles. The molecule has 130 valence electrons. The Hall–Kier alpha value is -0.414. The van der Waals surface area contributed by atoms with Gasteiger partial charge in [0.25, 0.3) is 10.1 Å². The molecule has 0 bridgehead atoms. The fraction of sp³-hybridized carbons (Fsp3) is 0.333. The smallest absolute Gasteiger partial charge is 0.871 e. The standard InChI is InChI=1S/C18H22O5S.K/c1-2-3-4-6-9-14-12-13-16(18(17(14)19)24(20,21)22)23-15-10-7-5-8-11-15;/h5,7-8,10-13,19H,2-4,6,9H2,1H3,(H,20,21,22);/q;+1/p-1. The Morgan fingerprint density at radius 1 is 1.04 bits per heavy atom. The zero-order valence-electron chi connectivity index (χ0n) is 14.6. The molecule has 0 amide bonds. The van der Waals surface area contributed by atoms with Crippen molar-refractivity contribution in [3.05, 3.63) is 48.0 Å². The quantitative estimate of drug-likeness (QED) is 0.413. The molecule has 0 aliphatic carbocycles. The van der Waals surface area contributed by atoms with Crippen LogP contribution in [0.15, 0.2) is 47.4 Å². The maximum atomic E-state index is 12.5. The van der Waals surface area contributed by atoms with E-state index in [-0.39, 0.29) is 57.1 Å². The number of para-hydroxylation sites is 1. The van der Waals surface area contributed by atoms with Crippen molar-refractivity contribution in [1.82, 2.24) is 0 Å². The predicted octanol–water partition coefficient (Wildman–Crippen LogP) is 0.926. The molecule has 2 rings (SSSR count). The van der Waals surface area contributed by atoms with Gasteiger partial charge in [-0.05, 0) is 31.0 Å². The normalized spacial score (nSPS) is 11.0. The summed E-state index contributed by atoms with van der Waals surface area (Å²) >= 11 is 0. The van der Waals surface area contributed by atoms with Crippen LogP contribution < -0.4 is 61.2 Å². The van der Waals surface area contributed by atoms with Gasteiger partial charge in [0.15, 0.2) is 0 Å². The van der Waals surface area contributed by atoms with Crippen LogP contribution in [0.4, 0.5) is 0 Å². The maximum absolute atomic E-state index is 12.5. The van der Waals surface area contributed by atoms with E-state index in [1.165, 1.54) is 6.07 Å². The summed E-state index contributed by atoms with van der Waals surface area (Å²) in [5, 5.41) is 12.5. The van der Waals surface area contributed by atoms with E-state index < -0.39 is 20.8 Å². The third-order valence-corrected chi connectivity index (χ3v) is 4.59. The number of rotatable bonds is 8. The molecule has 0 aliphatic rings. The molecule has 25 heavy (non-hydrogen) atoms. The Labute approximate surface area is 191 Å². The second-order valence-electron chi connectivity index (χ2n) is 5.58. The van der Waals surface area contributed by atoms with E-state index in [2.05, 4.69) is 6.92 Å². The van der Waals surface area contributed by atoms with Crippen LogP contribution in [0.1, 0.15) is 38.2 Å². The first kappa shape index (κ1) is 22.6. The third-order valence-electron chi connectivity index (χ3n) is 3.69. The molecule has 0 radical (unpaired) electrons. The Balaban J connectivity index is 0.00000312. The Morgan fingerprint density at radius 2 is 1.72 bits per heavy atom. The minimum atomic E-state index is -4.68. The van der Waals surface area contributed by atoms with Crippen molar-refractivity contribution in [3.8, 4) is 17.2 Å². The predicted molar refractivity (Wildman–Crippen MR) is 90.1 cm³/mol. The Bertz CT molecular complexity index is 776. The van der Waals surface area contributed by atoms with Crippen molar-refractivity contribution in [2.45, 2.75) is 43.9 Å². The zero-order chi connectivity index (χ0) is 17.6. The average Bonchev–Trinajstić information content (AvgIpc) is 2.53. The molecular weight excluding hydrogens is 367 g/mol. The fourth-order valence-corrected chi connectivity index (χ4v) is 3.19. The van der Waals surface area contributed by atoms with Crippen molar-refractivity contribution < 1.29 is 74.2 Å². The van der Waals surface area contributed by atoms with E-state index in [1.807, 2.05) is 0 Å². The number of aryl methyl sites for hydroxylation is 1. The van der Waals surface area contributed by atoms with Gasteiger partial charge in [0, 0.05) is 0 Å². The summed E-state index contributed by atoms with van der Waals surface area (Å²) in [4.78, 5) is -0.695. The molecule has 0 aliphatic heterocycles. The van der Waals surface area contributed by atoms with Gasteiger partial charge in [0.2, 0.25) is 0 Å².